The Morgan fingerprint density at radius 3 is 2.53 bits per heavy atom. The second-order valence-electron chi connectivity index (χ2n) is 4.23. The lowest BCUT2D eigenvalue weighted by Crippen LogP contribution is -2.33. The minimum Gasteiger partial charge on any atom is -0.447 e. The average Bonchev–Trinajstić information content (AvgIpc) is 2.10. The molecule has 0 aliphatic heterocycles. The van der Waals surface area contributed by atoms with E-state index >= 15 is 0 Å². The second kappa shape index (κ2) is 6.19. The van der Waals surface area contributed by atoms with Crippen molar-refractivity contribution in [1.29, 1.82) is 0 Å². The largest absolute Gasteiger partial charge is 0.447 e. The van der Waals surface area contributed by atoms with Crippen molar-refractivity contribution in [3.05, 3.63) is 0 Å². The Labute approximate surface area is 89.9 Å². The molecule has 0 bridgehead atoms. The average molecular weight is 214 g/mol. The fourth-order valence-electron chi connectivity index (χ4n) is 0.895. The molecule has 5 heteroatoms. The summed E-state index contributed by atoms with van der Waals surface area (Å²) in [5.41, 5.74) is -0.232. The van der Waals surface area contributed by atoms with E-state index in [1.54, 1.807) is 6.92 Å². The zero-order chi connectivity index (χ0) is 11.9. The fraction of sp³-hybridized carbons (Fsp3) is 0.800. The van der Waals surface area contributed by atoms with Gasteiger partial charge >= 0.3 is 6.09 Å². The van der Waals surface area contributed by atoms with Crippen molar-refractivity contribution in [2.45, 2.75) is 33.7 Å². The predicted octanol–water partition coefficient (Wildman–Crippen LogP) is 1.48. The lowest BCUT2D eigenvalue weighted by atomic mass is 9.88. The number of aliphatic imine (C=N–C) groups is 1. The van der Waals surface area contributed by atoms with E-state index in [0.29, 0.717) is 6.54 Å². The quantitative estimate of drug-likeness (QED) is 0.569. The molecule has 0 rings (SSSR count). The molecule has 0 aromatic rings. The van der Waals surface area contributed by atoms with Crippen molar-refractivity contribution in [3.63, 3.8) is 0 Å². The van der Waals surface area contributed by atoms with Crippen LogP contribution < -0.4 is 5.32 Å². The van der Waals surface area contributed by atoms with Gasteiger partial charge < -0.3 is 10.1 Å². The van der Waals surface area contributed by atoms with Crippen molar-refractivity contribution in [2.24, 2.45) is 10.4 Å². The van der Waals surface area contributed by atoms with Gasteiger partial charge in [0.15, 0.2) is 0 Å². The van der Waals surface area contributed by atoms with Crippen LogP contribution in [0.5, 0.6) is 0 Å². The molecule has 0 spiro atoms. The van der Waals surface area contributed by atoms with Crippen LogP contribution in [0.3, 0.4) is 0 Å². The smallest absolute Gasteiger partial charge is 0.407 e. The van der Waals surface area contributed by atoms with Crippen LogP contribution in [0, 0.1) is 5.41 Å². The minimum atomic E-state index is -0.493. The molecule has 0 saturated carbocycles. The number of ether oxygens (including phenoxy) is 1. The van der Waals surface area contributed by atoms with Crippen LogP contribution in [-0.2, 0) is 9.53 Å². The van der Waals surface area contributed by atoms with Gasteiger partial charge in [-0.15, -0.1) is 0 Å². The van der Waals surface area contributed by atoms with Crippen molar-refractivity contribution in [3.8, 4) is 0 Å². The topological polar surface area (TPSA) is 67.8 Å². The summed E-state index contributed by atoms with van der Waals surface area (Å²) in [6.07, 6.45) is 1.00. The number of carbonyl (C=O) groups excluding carboxylic acids is 2. The van der Waals surface area contributed by atoms with E-state index in [1.165, 1.54) is 6.08 Å². The molecule has 0 radical (unpaired) electrons. The Kier molecular flexibility index (Phi) is 5.64. The first-order chi connectivity index (χ1) is 6.91. The van der Waals surface area contributed by atoms with E-state index in [0.717, 1.165) is 0 Å². The highest BCUT2D eigenvalue weighted by molar-refractivity contribution is 5.67. The van der Waals surface area contributed by atoms with E-state index in [9.17, 15) is 9.59 Å². The van der Waals surface area contributed by atoms with E-state index in [1.807, 2.05) is 20.8 Å². The van der Waals surface area contributed by atoms with Crippen LogP contribution in [0.2, 0.25) is 0 Å². The number of nitrogens with zero attached hydrogens (tertiary/aromatic N) is 1. The van der Waals surface area contributed by atoms with Crippen LogP contribution in [0.25, 0.3) is 0 Å². The Morgan fingerprint density at radius 2 is 2.13 bits per heavy atom. The number of alkyl carbamates (subject to hydrolysis) is 1. The molecule has 0 heterocycles. The molecular formula is C10H18N2O3. The van der Waals surface area contributed by atoms with Gasteiger partial charge in [0.25, 0.3) is 0 Å². The van der Waals surface area contributed by atoms with Gasteiger partial charge in [-0.25, -0.2) is 9.59 Å². The summed E-state index contributed by atoms with van der Waals surface area (Å²) in [4.78, 5) is 24.8. The molecule has 1 N–H and O–H groups in total. The van der Waals surface area contributed by atoms with Crippen molar-refractivity contribution >= 4 is 12.2 Å². The van der Waals surface area contributed by atoms with Gasteiger partial charge in [-0.1, -0.05) is 20.8 Å². The van der Waals surface area contributed by atoms with Gasteiger partial charge in [-0.2, -0.15) is 4.99 Å². The summed E-state index contributed by atoms with van der Waals surface area (Å²) < 4.78 is 4.90. The number of hydrogen-bond donors (Lipinski definition) is 1. The molecule has 5 nitrogen and oxygen atoms in total. The van der Waals surface area contributed by atoms with Crippen LogP contribution in [0.15, 0.2) is 4.99 Å². The highest BCUT2D eigenvalue weighted by Gasteiger charge is 2.25. The normalized spacial score (nSPS) is 12.5. The zero-order valence-corrected chi connectivity index (χ0v) is 9.66. The first kappa shape index (κ1) is 13.7. The van der Waals surface area contributed by atoms with E-state index < -0.39 is 6.09 Å². The SMILES string of the molecule is CCNC(=O)OC[C@@H](N=C=O)C(C)(C)C. The van der Waals surface area contributed by atoms with Gasteiger partial charge in [-0.3, -0.25) is 0 Å². The first-order valence-electron chi connectivity index (χ1n) is 4.89. The van der Waals surface area contributed by atoms with E-state index in [2.05, 4.69) is 10.3 Å². The Balaban J connectivity index is 4.20. The summed E-state index contributed by atoms with van der Waals surface area (Å²) in [5.74, 6) is 0. The maximum atomic E-state index is 11.0. The molecule has 0 aromatic carbocycles. The summed E-state index contributed by atoms with van der Waals surface area (Å²) >= 11 is 0. The Hall–Kier alpha value is -1.35. The molecule has 0 aromatic heterocycles. The monoisotopic (exact) mass is 214 g/mol. The molecule has 0 unspecified atom stereocenters. The molecule has 0 aliphatic carbocycles. The third-order valence-corrected chi connectivity index (χ3v) is 1.90. The molecule has 1 atom stereocenters. The minimum absolute atomic E-state index is 0.0879. The summed E-state index contributed by atoms with van der Waals surface area (Å²) in [5, 5.41) is 2.49. The molecule has 0 saturated heterocycles. The molecule has 0 fully saturated rings. The van der Waals surface area contributed by atoms with Gasteiger partial charge in [0.2, 0.25) is 6.08 Å². The van der Waals surface area contributed by atoms with Gasteiger partial charge in [0.05, 0.1) is 0 Å². The molecular weight excluding hydrogens is 196 g/mol. The fourth-order valence-corrected chi connectivity index (χ4v) is 0.895. The third-order valence-electron chi connectivity index (χ3n) is 1.90. The van der Waals surface area contributed by atoms with E-state index in [-0.39, 0.29) is 18.1 Å². The van der Waals surface area contributed by atoms with Crippen LogP contribution in [-0.4, -0.2) is 31.4 Å². The van der Waals surface area contributed by atoms with Gasteiger partial charge in [0.1, 0.15) is 12.6 Å². The number of carbonyl (C=O) groups is 1. The standard InChI is InChI=1S/C10H18N2O3/c1-5-11-9(14)15-6-8(12-7-13)10(2,3)4/h8H,5-6H2,1-4H3,(H,11,14)/t8-/m1/s1. The number of hydrogen-bond acceptors (Lipinski definition) is 4. The number of nitrogens with one attached hydrogen (secondary N) is 1. The molecule has 86 valence electrons. The van der Waals surface area contributed by atoms with Crippen molar-refractivity contribution < 1.29 is 14.3 Å². The summed E-state index contributed by atoms with van der Waals surface area (Å²) in [6, 6.07) is -0.363. The Morgan fingerprint density at radius 1 is 1.53 bits per heavy atom. The maximum Gasteiger partial charge on any atom is 0.407 e. The lowest BCUT2D eigenvalue weighted by Gasteiger charge is -2.25. The van der Waals surface area contributed by atoms with Crippen LogP contribution >= 0.6 is 0 Å². The molecule has 0 aliphatic rings. The van der Waals surface area contributed by atoms with E-state index in [4.69, 9.17) is 4.74 Å². The molecule has 1 amide bonds. The second-order valence-corrected chi connectivity index (χ2v) is 4.23. The van der Waals surface area contributed by atoms with Crippen LogP contribution in [0.4, 0.5) is 4.79 Å². The number of isocyanates is 1. The predicted molar refractivity (Wildman–Crippen MR) is 56.4 cm³/mol. The highest BCUT2D eigenvalue weighted by atomic mass is 16.5. The Bertz CT molecular complexity index is 252. The highest BCUT2D eigenvalue weighted by Crippen LogP contribution is 2.22. The zero-order valence-electron chi connectivity index (χ0n) is 9.66. The van der Waals surface area contributed by atoms with Gasteiger partial charge in [-0.05, 0) is 12.3 Å². The van der Waals surface area contributed by atoms with Crippen LogP contribution in [0.1, 0.15) is 27.7 Å². The third kappa shape index (κ3) is 5.86. The molecule has 15 heavy (non-hydrogen) atoms. The maximum absolute atomic E-state index is 11.0. The van der Waals surface area contributed by atoms with Crippen molar-refractivity contribution in [2.75, 3.05) is 13.2 Å². The number of amides is 1. The summed E-state index contributed by atoms with van der Waals surface area (Å²) in [6.45, 7) is 8.14. The lowest BCUT2D eigenvalue weighted by molar-refractivity contribution is 0.120. The number of rotatable bonds is 4. The van der Waals surface area contributed by atoms with Gasteiger partial charge in [0, 0.05) is 6.54 Å². The first-order valence-corrected chi connectivity index (χ1v) is 4.89. The summed E-state index contributed by atoms with van der Waals surface area (Å²) in [7, 11) is 0. The van der Waals surface area contributed by atoms with Crippen molar-refractivity contribution in [1.82, 2.24) is 5.32 Å².